The molecule has 2 aliphatic rings. The molecule has 0 bridgehead atoms. The molecule has 0 saturated heterocycles. The van der Waals surface area contributed by atoms with Crippen molar-refractivity contribution in [2.45, 2.75) is 90.6 Å². The Hall–Kier alpha value is -4.12. The van der Waals surface area contributed by atoms with E-state index in [4.69, 9.17) is 0 Å². The van der Waals surface area contributed by atoms with Gasteiger partial charge in [0.15, 0.2) is 0 Å². The van der Waals surface area contributed by atoms with Crippen molar-refractivity contribution in [1.29, 1.82) is 0 Å². The number of fused-ring (bicyclic) bond motifs is 4. The van der Waals surface area contributed by atoms with E-state index in [0.29, 0.717) is 0 Å². The molecule has 0 aliphatic heterocycles. The molecule has 0 radical (unpaired) electrons. The van der Waals surface area contributed by atoms with E-state index < -0.39 is 0 Å². The molecule has 8 rings (SSSR count). The van der Waals surface area contributed by atoms with Gasteiger partial charge in [-0.15, -0.1) is 0 Å². The molecule has 2 aliphatic carbocycles. The molecule has 0 fully saturated rings. The third-order valence-electron chi connectivity index (χ3n) is 11.9. The number of benzene rings is 4. The fourth-order valence-corrected chi connectivity index (χ4v) is 10.3. The minimum absolute atomic E-state index is 0.0779. The zero-order chi connectivity index (χ0) is 34.8. The third-order valence-corrected chi connectivity index (χ3v) is 13.2. The fraction of sp³-hybridized carbons (Fsp3) is 0.304. The number of hydrogen-bond donors (Lipinski definition) is 0. The summed E-state index contributed by atoms with van der Waals surface area (Å²) in [6, 6.07) is 35.3. The molecule has 2 atom stereocenters. The lowest BCUT2D eigenvalue weighted by Crippen LogP contribution is -2.51. The van der Waals surface area contributed by atoms with Gasteiger partial charge in [-0.25, -0.2) is 0 Å². The van der Waals surface area contributed by atoms with E-state index in [1.54, 1.807) is 22.7 Å². The lowest BCUT2D eigenvalue weighted by molar-refractivity contribution is 0.362. The standard InChI is InChI=1S/C46H48N2S2/c1-8-22-45(7,47(37-20-23-49-29-37)35-15-10-31(3)11-16-35)34-14-19-39-40-25-33-28-46(9-2,41(33)27-43(40)44(5,6)42(39)26-34)48(38-21-24-50-30-38)36-17-12-32(4)13-18-36/h10-21,23-27,29-30H,8-9,22,28H2,1-7H3. The SMILES string of the molecule is CCCC(C)(c1ccc2c(c1)C(C)(C)c1cc3c(cc1-2)CC3(CC)N(c1ccc(C)cc1)c1ccsc1)N(c1ccc(C)cc1)c1ccsc1. The maximum absolute atomic E-state index is 2.63. The molecule has 254 valence electrons. The monoisotopic (exact) mass is 692 g/mol. The van der Waals surface area contributed by atoms with Gasteiger partial charge in [0.2, 0.25) is 0 Å². The number of aryl methyl sites for hydroxylation is 2. The van der Waals surface area contributed by atoms with Crippen molar-refractivity contribution in [3.8, 4) is 11.1 Å². The van der Waals surface area contributed by atoms with Gasteiger partial charge in [-0.2, -0.15) is 22.7 Å². The summed E-state index contributed by atoms with van der Waals surface area (Å²) in [5.74, 6) is 0. The molecule has 50 heavy (non-hydrogen) atoms. The third kappa shape index (κ3) is 5.01. The van der Waals surface area contributed by atoms with Gasteiger partial charge in [0, 0.05) is 34.0 Å². The molecule has 0 spiro atoms. The van der Waals surface area contributed by atoms with Gasteiger partial charge in [-0.05, 0) is 120 Å². The van der Waals surface area contributed by atoms with Gasteiger partial charge in [-0.3, -0.25) is 0 Å². The first kappa shape index (κ1) is 33.0. The van der Waals surface area contributed by atoms with Crippen LogP contribution in [0.1, 0.15) is 92.8 Å². The van der Waals surface area contributed by atoms with E-state index in [1.165, 1.54) is 72.8 Å². The maximum atomic E-state index is 2.63. The van der Waals surface area contributed by atoms with E-state index in [0.717, 1.165) is 25.7 Å². The molecule has 0 amide bonds. The highest BCUT2D eigenvalue weighted by molar-refractivity contribution is 7.08. The average molecular weight is 693 g/mol. The van der Waals surface area contributed by atoms with Crippen molar-refractivity contribution in [2.75, 3.05) is 9.80 Å². The maximum Gasteiger partial charge on any atom is 0.0743 e. The number of anilines is 4. The number of thiophene rings is 2. The number of hydrogen-bond acceptors (Lipinski definition) is 4. The van der Waals surface area contributed by atoms with E-state index in [-0.39, 0.29) is 16.5 Å². The summed E-state index contributed by atoms with van der Waals surface area (Å²) in [6.07, 6.45) is 4.24. The van der Waals surface area contributed by atoms with Crippen LogP contribution in [0.3, 0.4) is 0 Å². The van der Waals surface area contributed by atoms with Crippen LogP contribution in [0, 0.1) is 13.8 Å². The van der Waals surface area contributed by atoms with Crippen molar-refractivity contribution in [3.63, 3.8) is 0 Å². The highest BCUT2D eigenvalue weighted by atomic mass is 32.1. The van der Waals surface area contributed by atoms with Gasteiger partial charge >= 0.3 is 0 Å². The molecule has 2 aromatic heterocycles. The summed E-state index contributed by atoms with van der Waals surface area (Å²) in [5.41, 5.74) is 17.3. The highest BCUT2D eigenvalue weighted by Crippen LogP contribution is 2.58. The summed E-state index contributed by atoms with van der Waals surface area (Å²) in [7, 11) is 0. The van der Waals surface area contributed by atoms with Crippen molar-refractivity contribution in [1.82, 2.24) is 0 Å². The summed E-state index contributed by atoms with van der Waals surface area (Å²) in [4.78, 5) is 5.22. The zero-order valence-corrected chi connectivity index (χ0v) is 32.1. The number of rotatable bonds is 10. The Morgan fingerprint density at radius 2 is 1.28 bits per heavy atom. The van der Waals surface area contributed by atoms with Crippen molar-refractivity contribution in [3.05, 3.63) is 151 Å². The average Bonchev–Trinajstić information content (AvgIpc) is 3.87. The Balaban J connectivity index is 1.23. The van der Waals surface area contributed by atoms with Crippen molar-refractivity contribution >= 4 is 45.4 Å². The Morgan fingerprint density at radius 3 is 1.88 bits per heavy atom. The van der Waals surface area contributed by atoms with Crippen LogP contribution in [0.15, 0.2) is 113 Å². The lowest BCUT2D eigenvalue weighted by Gasteiger charge is -2.53. The van der Waals surface area contributed by atoms with Gasteiger partial charge in [0.05, 0.1) is 22.5 Å². The van der Waals surface area contributed by atoms with Crippen LogP contribution in [-0.4, -0.2) is 0 Å². The van der Waals surface area contributed by atoms with Gasteiger partial charge < -0.3 is 9.80 Å². The van der Waals surface area contributed by atoms with Gasteiger partial charge in [0.25, 0.3) is 0 Å². The fourth-order valence-electron chi connectivity index (χ4n) is 9.11. The molecule has 4 heteroatoms. The summed E-state index contributed by atoms with van der Waals surface area (Å²) < 4.78 is 0. The normalized spacial score (nSPS) is 18.1. The second-order valence-electron chi connectivity index (χ2n) is 15.3. The molecule has 4 aromatic carbocycles. The van der Waals surface area contributed by atoms with Crippen LogP contribution in [0.5, 0.6) is 0 Å². The van der Waals surface area contributed by atoms with Crippen molar-refractivity contribution in [2.24, 2.45) is 0 Å². The van der Waals surface area contributed by atoms with E-state index in [1.807, 2.05) is 0 Å². The second-order valence-corrected chi connectivity index (χ2v) is 16.9. The van der Waals surface area contributed by atoms with Gasteiger partial charge in [0.1, 0.15) is 0 Å². The molecule has 2 heterocycles. The molecular formula is C46H48N2S2. The Labute approximate surface area is 307 Å². The smallest absolute Gasteiger partial charge is 0.0743 e. The van der Waals surface area contributed by atoms with Crippen LogP contribution < -0.4 is 9.80 Å². The summed E-state index contributed by atoms with van der Waals surface area (Å²) in [5, 5.41) is 9.03. The molecule has 2 nitrogen and oxygen atoms in total. The highest BCUT2D eigenvalue weighted by Gasteiger charge is 2.50. The van der Waals surface area contributed by atoms with E-state index in [2.05, 4.69) is 171 Å². The minimum Gasteiger partial charge on any atom is -0.331 e. The van der Waals surface area contributed by atoms with Crippen LogP contribution >= 0.6 is 22.7 Å². The Kier molecular flexibility index (Phi) is 8.12. The summed E-state index contributed by atoms with van der Waals surface area (Å²) in [6.45, 7) is 16.4. The molecular weight excluding hydrogens is 645 g/mol. The molecule has 0 N–H and O–H groups in total. The predicted octanol–water partition coefficient (Wildman–Crippen LogP) is 13.6. The first-order valence-electron chi connectivity index (χ1n) is 18.2. The first-order chi connectivity index (χ1) is 24.1. The van der Waals surface area contributed by atoms with Crippen LogP contribution in [-0.2, 0) is 22.9 Å². The summed E-state index contributed by atoms with van der Waals surface area (Å²) >= 11 is 3.55. The van der Waals surface area contributed by atoms with Crippen LogP contribution in [0.25, 0.3) is 11.1 Å². The van der Waals surface area contributed by atoms with Crippen molar-refractivity contribution < 1.29 is 0 Å². The molecule has 2 unspecified atom stereocenters. The zero-order valence-electron chi connectivity index (χ0n) is 30.5. The lowest BCUT2D eigenvalue weighted by atomic mass is 9.65. The quantitative estimate of drug-likeness (QED) is 0.141. The van der Waals surface area contributed by atoms with E-state index in [9.17, 15) is 0 Å². The predicted molar refractivity (Wildman–Crippen MR) is 217 cm³/mol. The Bertz CT molecular complexity index is 2140. The topological polar surface area (TPSA) is 6.48 Å². The van der Waals surface area contributed by atoms with E-state index >= 15 is 0 Å². The first-order valence-corrected chi connectivity index (χ1v) is 20.1. The Morgan fingerprint density at radius 1 is 0.660 bits per heavy atom. The second kappa shape index (κ2) is 12.3. The molecule has 0 saturated carbocycles. The van der Waals surface area contributed by atoms with Gasteiger partial charge in [-0.1, -0.05) is 99.8 Å². The largest absolute Gasteiger partial charge is 0.331 e. The van der Waals surface area contributed by atoms with Crippen LogP contribution in [0.4, 0.5) is 22.7 Å². The minimum atomic E-state index is -0.221. The number of nitrogens with zero attached hydrogens (tertiary/aromatic N) is 2. The molecule has 6 aromatic rings. The van der Waals surface area contributed by atoms with Crippen LogP contribution in [0.2, 0.25) is 0 Å².